The van der Waals surface area contributed by atoms with Crippen molar-refractivity contribution in [3.63, 3.8) is 0 Å². The van der Waals surface area contributed by atoms with Crippen LogP contribution >= 0.6 is 0 Å². The number of para-hydroxylation sites is 1. The van der Waals surface area contributed by atoms with Crippen molar-refractivity contribution in [2.24, 2.45) is 0 Å². The number of sulfonamides is 1. The molecule has 2 rings (SSSR count). The zero-order valence-electron chi connectivity index (χ0n) is 12.3. The Morgan fingerprint density at radius 3 is 2.14 bits per heavy atom. The van der Waals surface area contributed by atoms with Crippen molar-refractivity contribution in [3.05, 3.63) is 59.7 Å². The molecule has 0 fully saturated rings. The van der Waals surface area contributed by atoms with Crippen LogP contribution in [0.4, 0.5) is 5.69 Å². The fourth-order valence-corrected chi connectivity index (χ4v) is 3.38. The van der Waals surface area contributed by atoms with Gasteiger partial charge in [0.2, 0.25) is 10.0 Å². The summed E-state index contributed by atoms with van der Waals surface area (Å²) < 4.78 is 26.4. The van der Waals surface area contributed by atoms with Crippen molar-refractivity contribution in [1.82, 2.24) is 4.31 Å². The Morgan fingerprint density at radius 2 is 1.57 bits per heavy atom. The van der Waals surface area contributed by atoms with Crippen molar-refractivity contribution in [2.75, 3.05) is 12.8 Å². The average Bonchev–Trinajstić information content (AvgIpc) is 2.48. The summed E-state index contributed by atoms with van der Waals surface area (Å²) in [5.74, 6) is 0. The lowest BCUT2D eigenvalue weighted by Crippen LogP contribution is -2.27. The zero-order chi connectivity index (χ0) is 15.5. The van der Waals surface area contributed by atoms with Gasteiger partial charge in [-0.25, -0.2) is 8.42 Å². The second-order valence-electron chi connectivity index (χ2n) is 4.97. The summed E-state index contributed by atoms with van der Waals surface area (Å²) in [6, 6.07) is 14.5. The molecule has 2 aromatic rings. The summed E-state index contributed by atoms with van der Waals surface area (Å²) in [5, 5.41) is 0. The second kappa shape index (κ2) is 6.28. The van der Waals surface area contributed by atoms with Crippen LogP contribution in [0.5, 0.6) is 0 Å². The Morgan fingerprint density at radius 1 is 1.00 bits per heavy atom. The monoisotopic (exact) mass is 304 g/mol. The molecular weight excluding hydrogens is 284 g/mol. The highest BCUT2D eigenvalue weighted by Gasteiger charge is 2.22. The van der Waals surface area contributed by atoms with Crippen molar-refractivity contribution in [2.45, 2.75) is 24.8 Å². The molecule has 0 heterocycles. The number of nitrogens with zero attached hydrogens (tertiary/aromatic N) is 1. The lowest BCUT2D eigenvalue weighted by molar-refractivity contribution is 0.467. The first kappa shape index (κ1) is 15.5. The molecule has 0 aliphatic rings. The zero-order valence-corrected chi connectivity index (χ0v) is 13.1. The van der Waals surface area contributed by atoms with Crippen molar-refractivity contribution >= 4 is 15.7 Å². The molecule has 0 radical (unpaired) electrons. The summed E-state index contributed by atoms with van der Waals surface area (Å²) in [6.07, 6.45) is 0.967. The molecule has 0 amide bonds. The van der Waals surface area contributed by atoms with Crippen LogP contribution in [0.15, 0.2) is 53.4 Å². The van der Waals surface area contributed by atoms with Crippen LogP contribution in [-0.4, -0.2) is 19.8 Å². The van der Waals surface area contributed by atoms with Crippen LogP contribution in [0, 0.1) is 0 Å². The van der Waals surface area contributed by atoms with Gasteiger partial charge in [0.25, 0.3) is 0 Å². The number of hydrogen-bond acceptors (Lipinski definition) is 3. The number of nitrogen functional groups attached to an aromatic ring is 1. The summed E-state index contributed by atoms with van der Waals surface area (Å²) in [5.41, 5.74) is 8.22. The number of hydrogen-bond donors (Lipinski definition) is 1. The summed E-state index contributed by atoms with van der Waals surface area (Å²) in [7, 11) is -2.01. The standard InChI is InChI=1S/C16H20N2O2S/c1-3-13-8-10-14(11-9-13)12-18(2)21(19,20)16-7-5-4-6-15(16)17/h4-11H,3,12,17H2,1-2H3. The Hall–Kier alpha value is -1.85. The molecule has 5 heteroatoms. The molecule has 0 aliphatic carbocycles. The van der Waals surface area contributed by atoms with Gasteiger partial charge in [0, 0.05) is 13.6 Å². The van der Waals surface area contributed by atoms with E-state index in [2.05, 4.69) is 6.92 Å². The van der Waals surface area contributed by atoms with Gasteiger partial charge in [-0.3, -0.25) is 0 Å². The van der Waals surface area contributed by atoms with Crippen LogP contribution in [-0.2, 0) is 23.0 Å². The Bertz CT molecular complexity index is 709. The first-order valence-electron chi connectivity index (χ1n) is 6.84. The largest absolute Gasteiger partial charge is 0.398 e. The first-order valence-corrected chi connectivity index (χ1v) is 8.28. The van der Waals surface area contributed by atoms with E-state index in [1.807, 2.05) is 24.3 Å². The maximum Gasteiger partial charge on any atom is 0.245 e. The number of aryl methyl sites for hydroxylation is 1. The quantitative estimate of drug-likeness (QED) is 0.864. The number of nitrogens with two attached hydrogens (primary N) is 1. The van der Waals surface area contributed by atoms with Gasteiger partial charge in [-0.1, -0.05) is 43.3 Å². The maximum atomic E-state index is 12.5. The molecule has 2 aromatic carbocycles. The minimum atomic E-state index is -3.58. The van der Waals surface area contributed by atoms with Crippen molar-refractivity contribution in [1.29, 1.82) is 0 Å². The fraction of sp³-hybridized carbons (Fsp3) is 0.250. The Labute approximate surface area is 126 Å². The molecule has 2 N–H and O–H groups in total. The van der Waals surface area contributed by atoms with Crippen molar-refractivity contribution < 1.29 is 8.42 Å². The average molecular weight is 304 g/mol. The van der Waals surface area contributed by atoms with Crippen LogP contribution in [0.2, 0.25) is 0 Å². The van der Waals surface area contributed by atoms with Crippen LogP contribution in [0.1, 0.15) is 18.1 Å². The molecular formula is C16H20N2O2S. The van der Waals surface area contributed by atoms with Gasteiger partial charge in [-0.2, -0.15) is 4.31 Å². The van der Waals surface area contributed by atoms with E-state index in [1.54, 1.807) is 25.2 Å². The normalized spacial score (nSPS) is 11.8. The SMILES string of the molecule is CCc1ccc(CN(C)S(=O)(=O)c2ccccc2N)cc1. The predicted molar refractivity (Wildman–Crippen MR) is 85.3 cm³/mol. The van der Waals surface area contributed by atoms with Crippen LogP contribution in [0.3, 0.4) is 0 Å². The number of rotatable bonds is 5. The summed E-state index contributed by atoms with van der Waals surface area (Å²) in [4.78, 5) is 0.151. The highest BCUT2D eigenvalue weighted by molar-refractivity contribution is 7.89. The van der Waals surface area contributed by atoms with Gasteiger partial charge in [0.15, 0.2) is 0 Å². The highest BCUT2D eigenvalue weighted by Crippen LogP contribution is 2.22. The number of anilines is 1. The van der Waals surface area contributed by atoms with Gasteiger partial charge in [-0.05, 0) is 29.7 Å². The lowest BCUT2D eigenvalue weighted by Gasteiger charge is -2.18. The van der Waals surface area contributed by atoms with Crippen LogP contribution < -0.4 is 5.73 Å². The van der Waals surface area contributed by atoms with E-state index in [0.29, 0.717) is 6.54 Å². The van der Waals surface area contributed by atoms with Crippen molar-refractivity contribution in [3.8, 4) is 0 Å². The van der Waals surface area contributed by atoms with E-state index in [1.165, 1.54) is 15.9 Å². The summed E-state index contributed by atoms with van der Waals surface area (Å²) >= 11 is 0. The molecule has 0 unspecified atom stereocenters. The molecule has 0 atom stereocenters. The Kier molecular flexibility index (Phi) is 4.65. The van der Waals surface area contributed by atoms with Gasteiger partial charge in [-0.15, -0.1) is 0 Å². The molecule has 21 heavy (non-hydrogen) atoms. The van der Waals surface area contributed by atoms with Crippen LogP contribution in [0.25, 0.3) is 0 Å². The van der Waals surface area contributed by atoms with E-state index in [9.17, 15) is 8.42 Å². The van der Waals surface area contributed by atoms with E-state index in [-0.39, 0.29) is 10.6 Å². The third-order valence-corrected chi connectivity index (χ3v) is 5.32. The molecule has 0 saturated carbocycles. The number of benzene rings is 2. The molecule has 0 saturated heterocycles. The molecule has 4 nitrogen and oxygen atoms in total. The topological polar surface area (TPSA) is 63.4 Å². The second-order valence-corrected chi connectivity index (χ2v) is 6.98. The Balaban J connectivity index is 2.22. The van der Waals surface area contributed by atoms with Gasteiger partial charge in [0.05, 0.1) is 5.69 Å². The van der Waals surface area contributed by atoms with E-state index in [0.717, 1.165) is 12.0 Å². The first-order chi connectivity index (χ1) is 9.95. The van der Waals surface area contributed by atoms with Gasteiger partial charge < -0.3 is 5.73 Å². The predicted octanol–water partition coefficient (Wildman–Crippen LogP) is 2.65. The van der Waals surface area contributed by atoms with E-state index >= 15 is 0 Å². The minimum absolute atomic E-state index is 0.151. The smallest absolute Gasteiger partial charge is 0.245 e. The molecule has 0 aromatic heterocycles. The molecule has 0 spiro atoms. The van der Waals surface area contributed by atoms with Gasteiger partial charge >= 0.3 is 0 Å². The molecule has 0 bridgehead atoms. The molecule has 0 aliphatic heterocycles. The lowest BCUT2D eigenvalue weighted by atomic mass is 10.1. The third kappa shape index (κ3) is 3.43. The van der Waals surface area contributed by atoms with E-state index < -0.39 is 10.0 Å². The van der Waals surface area contributed by atoms with E-state index in [4.69, 9.17) is 5.73 Å². The molecule has 112 valence electrons. The highest BCUT2D eigenvalue weighted by atomic mass is 32.2. The summed E-state index contributed by atoms with van der Waals surface area (Å²) in [6.45, 7) is 2.41. The maximum absolute atomic E-state index is 12.5. The minimum Gasteiger partial charge on any atom is -0.398 e. The van der Waals surface area contributed by atoms with Gasteiger partial charge in [0.1, 0.15) is 4.90 Å². The fourth-order valence-electron chi connectivity index (χ4n) is 2.11. The third-order valence-electron chi connectivity index (χ3n) is 3.44.